The number of H-pyrrole nitrogens is 1. The summed E-state index contributed by atoms with van der Waals surface area (Å²) in [5, 5.41) is 13.8. The lowest BCUT2D eigenvalue weighted by molar-refractivity contribution is 0.0583. The molecule has 0 saturated carbocycles. The predicted molar refractivity (Wildman–Crippen MR) is 116 cm³/mol. The molecule has 0 unspecified atom stereocenters. The number of aromatic amines is 1. The molecule has 0 spiro atoms. The average Bonchev–Trinajstić information content (AvgIpc) is 3.33. The highest BCUT2D eigenvalue weighted by Crippen LogP contribution is 2.28. The topological polar surface area (TPSA) is 69.2 Å². The minimum atomic E-state index is -0.563. The molecule has 1 aromatic carbocycles. The maximum absolute atomic E-state index is 13.3. The van der Waals surface area contributed by atoms with E-state index >= 15 is 0 Å². The van der Waals surface area contributed by atoms with Crippen LogP contribution in [-0.2, 0) is 0 Å². The van der Waals surface area contributed by atoms with E-state index in [-0.39, 0.29) is 11.9 Å². The quantitative estimate of drug-likeness (QED) is 0.626. The molecule has 152 valence electrons. The number of amides is 1. The molecule has 5 nitrogen and oxygen atoms in total. The van der Waals surface area contributed by atoms with Crippen LogP contribution >= 0.6 is 11.3 Å². The van der Waals surface area contributed by atoms with Crippen molar-refractivity contribution in [1.29, 1.82) is 0 Å². The van der Waals surface area contributed by atoms with E-state index in [2.05, 4.69) is 9.97 Å². The number of hydrogen-bond acceptors (Lipinski definition) is 4. The van der Waals surface area contributed by atoms with Crippen LogP contribution in [0.1, 0.15) is 59.3 Å². The van der Waals surface area contributed by atoms with Gasteiger partial charge < -0.3 is 15.0 Å². The number of aromatic nitrogens is 2. The first-order valence-corrected chi connectivity index (χ1v) is 11.1. The van der Waals surface area contributed by atoms with Crippen LogP contribution in [-0.4, -0.2) is 38.5 Å². The molecule has 0 aliphatic carbocycles. The van der Waals surface area contributed by atoms with Crippen molar-refractivity contribution < 1.29 is 9.90 Å². The van der Waals surface area contributed by atoms with Crippen molar-refractivity contribution in [3.63, 3.8) is 0 Å². The Morgan fingerprint density at radius 3 is 2.90 bits per heavy atom. The largest absolute Gasteiger partial charge is 0.388 e. The molecule has 1 fully saturated rings. The van der Waals surface area contributed by atoms with Gasteiger partial charge in [0.05, 0.1) is 16.8 Å². The number of aryl methyl sites for hydroxylation is 1. The van der Waals surface area contributed by atoms with Gasteiger partial charge in [-0.1, -0.05) is 43.2 Å². The first-order chi connectivity index (χ1) is 14.1. The van der Waals surface area contributed by atoms with E-state index in [4.69, 9.17) is 0 Å². The number of nitrogens with zero attached hydrogens (tertiary/aromatic N) is 2. The number of thiazole rings is 1. The van der Waals surface area contributed by atoms with E-state index in [1.807, 2.05) is 59.8 Å². The smallest absolute Gasteiger partial charge is 0.270 e. The van der Waals surface area contributed by atoms with Crippen molar-refractivity contribution in [3.05, 3.63) is 64.2 Å². The van der Waals surface area contributed by atoms with Gasteiger partial charge >= 0.3 is 0 Å². The Morgan fingerprint density at radius 1 is 1.31 bits per heavy atom. The molecule has 0 bridgehead atoms. The van der Waals surface area contributed by atoms with Crippen molar-refractivity contribution in [2.24, 2.45) is 0 Å². The summed E-state index contributed by atoms with van der Waals surface area (Å²) < 4.78 is 0. The van der Waals surface area contributed by atoms with E-state index in [1.54, 1.807) is 11.3 Å². The Kier molecular flexibility index (Phi) is 6.11. The minimum absolute atomic E-state index is 0.00960. The Balaban J connectivity index is 1.52. The fourth-order valence-corrected chi connectivity index (χ4v) is 4.70. The van der Waals surface area contributed by atoms with Crippen molar-refractivity contribution in [2.75, 3.05) is 6.54 Å². The zero-order valence-electron chi connectivity index (χ0n) is 16.7. The standard InChI is InChI=1S/C23H27N3O2S/c1-16-25-21(15-29-16)18-12-20(24-14-18)23(28)26-11-7-3-6-10-19(26)13-22(27)17-8-4-2-5-9-17/h2,4-5,8-9,12,14-15,19,22,24,27H,3,6-7,10-11,13H2,1H3/t19-,22-/m1/s1. The van der Waals surface area contributed by atoms with E-state index in [0.29, 0.717) is 12.1 Å². The molecule has 1 aliphatic heterocycles. The number of benzene rings is 1. The summed E-state index contributed by atoms with van der Waals surface area (Å²) in [6.45, 7) is 2.71. The van der Waals surface area contributed by atoms with Crippen molar-refractivity contribution in [3.8, 4) is 11.3 Å². The molecular formula is C23H27N3O2S. The fraction of sp³-hybridized carbons (Fsp3) is 0.391. The van der Waals surface area contributed by atoms with Gasteiger partial charge in [-0.2, -0.15) is 0 Å². The summed E-state index contributed by atoms with van der Waals surface area (Å²) in [6.07, 6.45) is 5.99. The van der Waals surface area contributed by atoms with Gasteiger partial charge in [-0.05, 0) is 37.8 Å². The molecule has 0 radical (unpaired) electrons. The number of rotatable bonds is 5. The number of likely N-dealkylation sites (tertiary alicyclic amines) is 1. The molecule has 29 heavy (non-hydrogen) atoms. The first kappa shape index (κ1) is 19.9. The molecule has 2 N–H and O–H groups in total. The molecule has 1 saturated heterocycles. The van der Waals surface area contributed by atoms with Crippen molar-refractivity contribution in [2.45, 2.75) is 51.2 Å². The van der Waals surface area contributed by atoms with Gasteiger partial charge in [-0.15, -0.1) is 11.3 Å². The molecule has 3 heterocycles. The van der Waals surface area contributed by atoms with Gasteiger partial charge in [0.25, 0.3) is 5.91 Å². The van der Waals surface area contributed by atoms with Crippen molar-refractivity contribution in [1.82, 2.24) is 14.9 Å². The van der Waals surface area contributed by atoms with E-state index in [1.165, 1.54) is 0 Å². The molecule has 4 rings (SSSR count). The number of aliphatic hydroxyl groups excluding tert-OH is 1. The van der Waals surface area contributed by atoms with Gasteiger partial charge in [-0.3, -0.25) is 4.79 Å². The lowest BCUT2D eigenvalue weighted by atomic mass is 9.98. The molecule has 6 heteroatoms. The SMILES string of the molecule is Cc1nc(-c2c[nH]c(C(=O)N3CCCCC[C@@H]3C[C@@H](O)c3ccccc3)c2)cs1. The normalized spacial score (nSPS) is 18.4. The number of nitrogens with one attached hydrogen (secondary N) is 1. The molecule has 1 aliphatic rings. The van der Waals surface area contributed by atoms with Crippen LogP contribution in [0.5, 0.6) is 0 Å². The second-order valence-electron chi connectivity index (χ2n) is 7.72. The third kappa shape index (κ3) is 4.60. The van der Waals surface area contributed by atoms with Crippen LogP contribution in [0.4, 0.5) is 0 Å². The molecular weight excluding hydrogens is 382 g/mol. The third-order valence-corrected chi connectivity index (χ3v) is 6.42. The van der Waals surface area contributed by atoms with Gasteiger partial charge in [0.2, 0.25) is 0 Å². The summed E-state index contributed by atoms with van der Waals surface area (Å²) in [7, 11) is 0. The third-order valence-electron chi connectivity index (χ3n) is 5.65. The number of carbonyl (C=O) groups is 1. The van der Waals surface area contributed by atoms with E-state index in [0.717, 1.165) is 54.1 Å². The van der Waals surface area contributed by atoms with Gasteiger partial charge in [0.1, 0.15) is 5.69 Å². The summed E-state index contributed by atoms with van der Waals surface area (Å²) in [4.78, 5) is 22.9. The lowest BCUT2D eigenvalue weighted by Gasteiger charge is -2.31. The highest BCUT2D eigenvalue weighted by molar-refractivity contribution is 7.09. The highest BCUT2D eigenvalue weighted by atomic mass is 32.1. The average molecular weight is 410 g/mol. The van der Waals surface area contributed by atoms with E-state index < -0.39 is 6.10 Å². The molecule has 2 atom stereocenters. The zero-order chi connectivity index (χ0) is 20.2. The van der Waals surface area contributed by atoms with Crippen LogP contribution in [0.2, 0.25) is 0 Å². The molecule has 3 aromatic rings. The highest BCUT2D eigenvalue weighted by Gasteiger charge is 2.29. The number of aliphatic hydroxyl groups is 1. The van der Waals surface area contributed by atoms with Gasteiger partial charge in [0.15, 0.2) is 0 Å². The zero-order valence-corrected chi connectivity index (χ0v) is 17.5. The Morgan fingerprint density at radius 2 is 2.14 bits per heavy atom. The second kappa shape index (κ2) is 8.93. The van der Waals surface area contributed by atoms with Crippen LogP contribution in [0, 0.1) is 6.92 Å². The first-order valence-electron chi connectivity index (χ1n) is 10.3. The Labute approximate surface area is 175 Å². The van der Waals surface area contributed by atoms with E-state index in [9.17, 15) is 9.90 Å². The summed E-state index contributed by atoms with van der Waals surface area (Å²) in [6, 6.07) is 11.6. The van der Waals surface area contributed by atoms with Crippen LogP contribution in [0.15, 0.2) is 48.0 Å². The van der Waals surface area contributed by atoms with Crippen LogP contribution in [0.25, 0.3) is 11.3 Å². The number of carbonyl (C=O) groups excluding carboxylic acids is 1. The Hall–Kier alpha value is -2.44. The number of hydrogen-bond donors (Lipinski definition) is 2. The van der Waals surface area contributed by atoms with Gasteiger partial charge in [0, 0.05) is 29.7 Å². The summed E-state index contributed by atoms with van der Waals surface area (Å²) in [5.74, 6) is 0.00960. The predicted octanol–water partition coefficient (Wildman–Crippen LogP) is 4.96. The molecule has 1 amide bonds. The van der Waals surface area contributed by atoms with Crippen LogP contribution in [0.3, 0.4) is 0 Å². The summed E-state index contributed by atoms with van der Waals surface area (Å²) in [5.41, 5.74) is 3.33. The minimum Gasteiger partial charge on any atom is -0.388 e. The maximum Gasteiger partial charge on any atom is 0.270 e. The molecule has 2 aromatic heterocycles. The van der Waals surface area contributed by atoms with Gasteiger partial charge in [-0.25, -0.2) is 4.98 Å². The lowest BCUT2D eigenvalue weighted by Crippen LogP contribution is -2.41. The van der Waals surface area contributed by atoms with Crippen molar-refractivity contribution >= 4 is 17.2 Å². The second-order valence-corrected chi connectivity index (χ2v) is 8.78. The Bertz CT molecular complexity index is 950. The fourth-order valence-electron chi connectivity index (χ4n) is 4.08. The summed E-state index contributed by atoms with van der Waals surface area (Å²) >= 11 is 1.60. The monoisotopic (exact) mass is 409 g/mol. The van der Waals surface area contributed by atoms with Crippen LogP contribution < -0.4 is 0 Å². The maximum atomic E-state index is 13.3.